The van der Waals surface area contributed by atoms with E-state index in [1.807, 2.05) is 12.1 Å². The van der Waals surface area contributed by atoms with Crippen LogP contribution in [0.3, 0.4) is 0 Å². The molecule has 0 saturated heterocycles. The second-order valence-corrected chi connectivity index (χ2v) is 3.92. The highest BCUT2D eigenvalue weighted by Crippen LogP contribution is 2.15. The molecule has 84 valence electrons. The van der Waals surface area contributed by atoms with Crippen LogP contribution in [-0.4, -0.2) is 15.6 Å². The fraction of sp³-hybridized carbons (Fsp3) is 0.308. The molecule has 0 aliphatic heterocycles. The van der Waals surface area contributed by atoms with Gasteiger partial charge in [-0.2, -0.15) is 0 Å². The lowest BCUT2D eigenvalue weighted by Crippen LogP contribution is -1.99. The molecule has 0 amide bonds. The van der Waals surface area contributed by atoms with E-state index >= 15 is 0 Å². The lowest BCUT2D eigenvalue weighted by Gasteiger charge is -2.04. The molecule has 1 aromatic heterocycles. The summed E-state index contributed by atoms with van der Waals surface area (Å²) in [5.41, 5.74) is 1.22. The van der Waals surface area contributed by atoms with Gasteiger partial charge in [0.2, 0.25) is 0 Å². The number of fused-ring (bicyclic) bond motifs is 1. The first-order valence-corrected chi connectivity index (χ1v) is 5.53. The minimum Gasteiger partial charge on any atom is -0.481 e. The fourth-order valence-electron chi connectivity index (χ4n) is 1.89. The smallest absolute Gasteiger partial charge is 0.303 e. The highest BCUT2D eigenvalue weighted by molar-refractivity contribution is 5.79. The van der Waals surface area contributed by atoms with Crippen LogP contribution in [-0.2, 0) is 11.3 Å². The van der Waals surface area contributed by atoms with E-state index < -0.39 is 5.97 Å². The Balaban J connectivity index is 1.97. The highest BCUT2D eigenvalue weighted by atomic mass is 16.4. The third-order valence-electron chi connectivity index (χ3n) is 2.72. The molecule has 0 aliphatic carbocycles. The average molecular weight is 217 g/mol. The number of aliphatic carboxylic acids is 1. The van der Waals surface area contributed by atoms with Crippen molar-refractivity contribution in [3.63, 3.8) is 0 Å². The van der Waals surface area contributed by atoms with Gasteiger partial charge in [0.05, 0.1) is 0 Å². The van der Waals surface area contributed by atoms with E-state index in [-0.39, 0.29) is 6.42 Å². The van der Waals surface area contributed by atoms with Crippen LogP contribution in [0.5, 0.6) is 0 Å². The molecule has 2 rings (SSSR count). The largest absolute Gasteiger partial charge is 0.481 e. The third kappa shape index (κ3) is 2.42. The van der Waals surface area contributed by atoms with Crippen LogP contribution in [0.15, 0.2) is 36.5 Å². The van der Waals surface area contributed by atoms with Gasteiger partial charge in [0.25, 0.3) is 0 Å². The number of carbonyl (C=O) groups is 1. The second kappa shape index (κ2) is 4.84. The molecule has 3 heteroatoms. The molecule has 0 radical (unpaired) electrons. The third-order valence-corrected chi connectivity index (χ3v) is 2.72. The second-order valence-electron chi connectivity index (χ2n) is 3.92. The van der Waals surface area contributed by atoms with Crippen LogP contribution >= 0.6 is 0 Å². The summed E-state index contributed by atoms with van der Waals surface area (Å²) in [5.74, 6) is -0.711. The molecule has 0 saturated carbocycles. The van der Waals surface area contributed by atoms with Gasteiger partial charge in [-0.1, -0.05) is 18.2 Å². The monoisotopic (exact) mass is 217 g/mol. The molecule has 0 spiro atoms. The number of aromatic nitrogens is 1. The minimum absolute atomic E-state index is 0.263. The van der Waals surface area contributed by atoms with Crippen LogP contribution in [0.25, 0.3) is 10.9 Å². The van der Waals surface area contributed by atoms with Crippen LogP contribution in [0.4, 0.5) is 0 Å². The Morgan fingerprint density at radius 2 is 2.00 bits per heavy atom. The van der Waals surface area contributed by atoms with Gasteiger partial charge < -0.3 is 9.67 Å². The Morgan fingerprint density at radius 3 is 2.81 bits per heavy atom. The maximum atomic E-state index is 10.4. The number of hydrogen-bond acceptors (Lipinski definition) is 1. The highest BCUT2D eigenvalue weighted by Gasteiger charge is 2.00. The quantitative estimate of drug-likeness (QED) is 0.782. The van der Waals surface area contributed by atoms with Crippen LogP contribution in [0.2, 0.25) is 0 Å². The van der Waals surface area contributed by atoms with Crippen LogP contribution in [0, 0.1) is 0 Å². The molecular formula is C13H15NO2. The van der Waals surface area contributed by atoms with E-state index in [4.69, 9.17) is 5.11 Å². The van der Waals surface area contributed by atoms with E-state index in [9.17, 15) is 4.79 Å². The van der Waals surface area contributed by atoms with Crippen molar-refractivity contribution in [3.05, 3.63) is 36.5 Å². The molecule has 2 aromatic rings. The first-order chi connectivity index (χ1) is 7.77. The van der Waals surface area contributed by atoms with E-state index in [1.54, 1.807) is 0 Å². The molecule has 0 bridgehead atoms. The maximum Gasteiger partial charge on any atom is 0.303 e. The molecule has 0 aliphatic rings. The predicted molar refractivity (Wildman–Crippen MR) is 63.4 cm³/mol. The Bertz CT molecular complexity index is 487. The number of aryl methyl sites for hydroxylation is 1. The summed E-state index contributed by atoms with van der Waals surface area (Å²) < 4.78 is 2.18. The van der Waals surface area contributed by atoms with Crippen molar-refractivity contribution >= 4 is 16.9 Å². The van der Waals surface area contributed by atoms with Gasteiger partial charge in [-0.25, -0.2) is 0 Å². The maximum absolute atomic E-state index is 10.4. The summed E-state index contributed by atoms with van der Waals surface area (Å²) in [5, 5.41) is 9.77. The van der Waals surface area contributed by atoms with Crippen molar-refractivity contribution in [2.75, 3.05) is 0 Å². The number of carboxylic acid groups (broad SMARTS) is 1. The summed E-state index contributed by atoms with van der Waals surface area (Å²) in [7, 11) is 0. The molecular weight excluding hydrogens is 202 g/mol. The topological polar surface area (TPSA) is 42.2 Å². The van der Waals surface area contributed by atoms with Gasteiger partial charge >= 0.3 is 5.97 Å². The van der Waals surface area contributed by atoms with Crippen molar-refractivity contribution in [3.8, 4) is 0 Å². The number of benzene rings is 1. The number of hydrogen-bond donors (Lipinski definition) is 1. The lowest BCUT2D eigenvalue weighted by molar-refractivity contribution is -0.137. The summed E-state index contributed by atoms with van der Waals surface area (Å²) in [6, 6.07) is 10.3. The van der Waals surface area contributed by atoms with Crippen molar-refractivity contribution in [2.24, 2.45) is 0 Å². The zero-order valence-corrected chi connectivity index (χ0v) is 9.10. The molecule has 0 unspecified atom stereocenters. The standard InChI is InChI=1S/C13H15NO2/c15-13(16)7-3-4-9-14-10-8-11-5-1-2-6-12(11)14/h1-2,5-6,8,10H,3-4,7,9H2,(H,15,16). The summed E-state index contributed by atoms with van der Waals surface area (Å²) in [6.07, 6.45) is 3.97. The zero-order chi connectivity index (χ0) is 11.4. The van der Waals surface area contributed by atoms with Gasteiger partial charge in [-0.05, 0) is 30.4 Å². The van der Waals surface area contributed by atoms with Gasteiger partial charge in [0, 0.05) is 24.7 Å². The Hall–Kier alpha value is -1.77. The summed E-state index contributed by atoms with van der Waals surface area (Å²) in [4.78, 5) is 10.4. The fourth-order valence-corrected chi connectivity index (χ4v) is 1.89. The summed E-state index contributed by atoms with van der Waals surface area (Å²) >= 11 is 0. The molecule has 1 aromatic carbocycles. The van der Waals surface area contributed by atoms with Crippen molar-refractivity contribution in [1.82, 2.24) is 4.57 Å². The van der Waals surface area contributed by atoms with Gasteiger partial charge in [-0.15, -0.1) is 0 Å². The molecule has 0 atom stereocenters. The Kier molecular flexibility index (Phi) is 3.25. The zero-order valence-electron chi connectivity index (χ0n) is 9.10. The lowest BCUT2D eigenvalue weighted by atomic mass is 10.2. The first-order valence-electron chi connectivity index (χ1n) is 5.53. The number of unbranched alkanes of at least 4 members (excludes halogenated alkanes) is 1. The van der Waals surface area contributed by atoms with Crippen LogP contribution < -0.4 is 0 Å². The van der Waals surface area contributed by atoms with Gasteiger partial charge in [0.15, 0.2) is 0 Å². The van der Waals surface area contributed by atoms with Gasteiger partial charge in [0.1, 0.15) is 0 Å². The summed E-state index contributed by atoms with van der Waals surface area (Å²) in [6.45, 7) is 0.890. The number of carboxylic acids is 1. The normalized spacial score (nSPS) is 10.8. The van der Waals surface area contributed by atoms with Gasteiger partial charge in [-0.3, -0.25) is 4.79 Å². The molecule has 0 fully saturated rings. The molecule has 3 nitrogen and oxygen atoms in total. The Morgan fingerprint density at radius 1 is 1.19 bits per heavy atom. The number of rotatable bonds is 5. The SMILES string of the molecule is O=C(O)CCCCn1ccc2ccccc21. The predicted octanol–water partition coefficient (Wildman–Crippen LogP) is 2.90. The first kappa shape index (κ1) is 10.7. The Labute approximate surface area is 94.3 Å². The molecule has 1 N–H and O–H groups in total. The van der Waals surface area contributed by atoms with E-state index in [1.165, 1.54) is 10.9 Å². The minimum atomic E-state index is -0.711. The van der Waals surface area contributed by atoms with Crippen molar-refractivity contribution < 1.29 is 9.90 Å². The number of nitrogens with zero attached hydrogens (tertiary/aromatic N) is 1. The van der Waals surface area contributed by atoms with Crippen LogP contribution in [0.1, 0.15) is 19.3 Å². The number of para-hydroxylation sites is 1. The van der Waals surface area contributed by atoms with E-state index in [0.717, 1.165) is 19.4 Å². The van der Waals surface area contributed by atoms with E-state index in [0.29, 0.717) is 0 Å². The molecule has 1 heterocycles. The molecule has 16 heavy (non-hydrogen) atoms. The van der Waals surface area contributed by atoms with E-state index in [2.05, 4.69) is 29.0 Å². The van der Waals surface area contributed by atoms with Crippen molar-refractivity contribution in [2.45, 2.75) is 25.8 Å². The van der Waals surface area contributed by atoms with Crippen molar-refractivity contribution in [1.29, 1.82) is 0 Å². The average Bonchev–Trinajstić information content (AvgIpc) is 2.68.